The highest BCUT2D eigenvalue weighted by atomic mass is 35.5. The number of carbonyl (C=O) groups is 2. The number of piperidine rings is 1. The van der Waals surface area contributed by atoms with Crippen molar-refractivity contribution in [1.82, 2.24) is 9.62 Å². The highest BCUT2D eigenvalue weighted by Gasteiger charge is 2.45. The summed E-state index contributed by atoms with van der Waals surface area (Å²) in [6.45, 7) is 9.21. The average Bonchev–Trinajstić information content (AvgIpc) is 2.77. The highest BCUT2D eigenvalue weighted by Crippen LogP contribution is 2.43. The standard InChI is InChI=1S/C26H37ClN2O2S2/c1-18(2)32-16-15-29-23(20-7-9-21(27)10-8-20)13-14-26(4,25(29)31)17-24(30)28-33-22-11-5-19(3)6-12-22/h5,7-11,18-19,22-23H,6,12-17H2,1-4H3,(H,28,30)/t19?,22?,23?,26-/m1/s1. The van der Waals surface area contributed by atoms with E-state index in [1.165, 1.54) is 11.9 Å². The minimum atomic E-state index is -0.674. The Kier molecular flexibility index (Phi) is 9.66. The van der Waals surface area contributed by atoms with Crippen LogP contribution in [-0.4, -0.2) is 39.5 Å². The summed E-state index contributed by atoms with van der Waals surface area (Å²) in [4.78, 5) is 28.6. The predicted molar refractivity (Wildman–Crippen MR) is 143 cm³/mol. The number of amides is 2. The summed E-state index contributed by atoms with van der Waals surface area (Å²) in [6, 6.07) is 7.85. The van der Waals surface area contributed by atoms with E-state index in [1.807, 2.05) is 47.9 Å². The van der Waals surface area contributed by atoms with Crippen molar-refractivity contribution < 1.29 is 9.59 Å². The first-order chi connectivity index (χ1) is 15.7. The molecule has 1 fully saturated rings. The van der Waals surface area contributed by atoms with Gasteiger partial charge >= 0.3 is 0 Å². The van der Waals surface area contributed by atoms with Gasteiger partial charge in [-0.25, -0.2) is 0 Å². The van der Waals surface area contributed by atoms with Crippen LogP contribution >= 0.6 is 35.3 Å². The number of nitrogens with one attached hydrogen (secondary N) is 1. The Bertz CT molecular complexity index is 845. The van der Waals surface area contributed by atoms with E-state index in [1.54, 1.807) is 0 Å². The van der Waals surface area contributed by atoms with Gasteiger partial charge in [-0.1, -0.05) is 63.6 Å². The summed E-state index contributed by atoms with van der Waals surface area (Å²) in [5.41, 5.74) is 0.440. The number of hydrogen-bond acceptors (Lipinski definition) is 4. The molecule has 0 bridgehead atoms. The maximum Gasteiger partial charge on any atom is 0.230 e. The average molecular weight is 509 g/mol. The summed E-state index contributed by atoms with van der Waals surface area (Å²) < 4.78 is 3.02. The third-order valence-corrected chi connectivity index (χ3v) is 8.97. The minimum Gasteiger partial charge on any atom is -0.334 e. The van der Waals surface area contributed by atoms with Crippen molar-refractivity contribution in [2.24, 2.45) is 11.3 Å². The largest absolute Gasteiger partial charge is 0.334 e. The molecule has 1 aliphatic carbocycles. The SMILES string of the molecule is CC1C=CC(SNC(=O)C[C@@]2(C)CCC(c3ccc(Cl)cc3)N(CCSC(C)C)C2=O)CC1. The monoisotopic (exact) mass is 508 g/mol. The van der Waals surface area contributed by atoms with Crippen LogP contribution in [0.25, 0.3) is 0 Å². The first-order valence-corrected chi connectivity index (χ1v) is 14.3. The molecule has 3 rings (SSSR count). The van der Waals surface area contributed by atoms with Crippen LogP contribution in [0.15, 0.2) is 36.4 Å². The zero-order valence-corrected chi connectivity index (χ0v) is 22.6. The fraction of sp³-hybridized carbons (Fsp3) is 0.615. The van der Waals surface area contributed by atoms with E-state index in [2.05, 4.69) is 37.6 Å². The van der Waals surface area contributed by atoms with Crippen LogP contribution < -0.4 is 4.72 Å². The van der Waals surface area contributed by atoms with Gasteiger partial charge in [-0.2, -0.15) is 11.8 Å². The van der Waals surface area contributed by atoms with Crippen molar-refractivity contribution in [3.8, 4) is 0 Å². The molecule has 1 heterocycles. The van der Waals surface area contributed by atoms with E-state index in [-0.39, 0.29) is 24.3 Å². The summed E-state index contributed by atoms with van der Waals surface area (Å²) in [6.07, 6.45) is 8.41. The lowest BCUT2D eigenvalue weighted by atomic mass is 9.74. The fourth-order valence-corrected chi connectivity index (χ4v) is 6.29. The molecule has 4 nitrogen and oxygen atoms in total. The maximum absolute atomic E-state index is 13.7. The number of hydrogen-bond donors (Lipinski definition) is 1. The van der Waals surface area contributed by atoms with Gasteiger partial charge in [-0.3, -0.25) is 14.3 Å². The molecule has 3 unspecified atom stereocenters. The molecule has 1 aliphatic heterocycles. The lowest BCUT2D eigenvalue weighted by Gasteiger charge is -2.44. The van der Waals surface area contributed by atoms with E-state index >= 15 is 0 Å². The summed E-state index contributed by atoms with van der Waals surface area (Å²) >= 11 is 9.44. The summed E-state index contributed by atoms with van der Waals surface area (Å²) in [7, 11) is 0. The molecule has 2 aliphatic rings. The molecule has 182 valence electrons. The van der Waals surface area contributed by atoms with Crippen LogP contribution in [0.1, 0.15) is 71.4 Å². The number of allylic oxidation sites excluding steroid dienone is 1. The van der Waals surface area contributed by atoms with Gasteiger partial charge in [0.1, 0.15) is 0 Å². The molecule has 1 aromatic carbocycles. The number of nitrogens with zero attached hydrogens (tertiary/aromatic N) is 1. The molecular weight excluding hydrogens is 472 g/mol. The van der Waals surface area contributed by atoms with Crippen molar-refractivity contribution in [3.05, 3.63) is 47.0 Å². The second-order valence-electron chi connectivity index (χ2n) is 9.88. The Morgan fingerprint density at radius 3 is 2.58 bits per heavy atom. The Morgan fingerprint density at radius 1 is 1.21 bits per heavy atom. The molecule has 0 saturated carbocycles. The molecule has 0 aromatic heterocycles. The van der Waals surface area contributed by atoms with Crippen LogP contribution in [0.3, 0.4) is 0 Å². The van der Waals surface area contributed by atoms with Gasteiger partial charge in [0.25, 0.3) is 0 Å². The van der Waals surface area contributed by atoms with E-state index in [9.17, 15) is 9.59 Å². The molecule has 1 aromatic rings. The van der Waals surface area contributed by atoms with Crippen molar-refractivity contribution in [3.63, 3.8) is 0 Å². The van der Waals surface area contributed by atoms with Crippen LogP contribution in [-0.2, 0) is 9.59 Å². The third kappa shape index (κ3) is 7.43. The topological polar surface area (TPSA) is 49.4 Å². The third-order valence-electron chi connectivity index (χ3n) is 6.60. The smallest absolute Gasteiger partial charge is 0.230 e. The molecule has 1 N–H and O–H groups in total. The molecule has 0 spiro atoms. The van der Waals surface area contributed by atoms with Crippen molar-refractivity contribution in [2.45, 2.75) is 76.3 Å². The molecule has 33 heavy (non-hydrogen) atoms. The van der Waals surface area contributed by atoms with Gasteiger partial charge in [0.2, 0.25) is 11.8 Å². The molecule has 1 saturated heterocycles. The van der Waals surface area contributed by atoms with Crippen molar-refractivity contribution in [2.75, 3.05) is 12.3 Å². The van der Waals surface area contributed by atoms with E-state index in [0.29, 0.717) is 34.4 Å². The van der Waals surface area contributed by atoms with Gasteiger partial charge in [0.15, 0.2) is 0 Å². The highest BCUT2D eigenvalue weighted by molar-refractivity contribution is 7.99. The predicted octanol–water partition coefficient (Wildman–Crippen LogP) is 6.66. The van der Waals surface area contributed by atoms with E-state index < -0.39 is 5.41 Å². The van der Waals surface area contributed by atoms with Gasteiger partial charge < -0.3 is 4.90 Å². The fourth-order valence-electron chi connectivity index (χ4n) is 4.61. The van der Waals surface area contributed by atoms with Gasteiger partial charge in [0.05, 0.1) is 11.5 Å². The van der Waals surface area contributed by atoms with Crippen LogP contribution in [0.2, 0.25) is 5.02 Å². The van der Waals surface area contributed by atoms with Crippen LogP contribution in [0.5, 0.6) is 0 Å². The van der Waals surface area contributed by atoms with Gasteiger partial charge in [0, 0.05) is 29.0 Å². The first kappa shape index (κ1) is 26.5. The molecule has 0 radical (unpaired) electrons. The van der Waals surface area contributed by atoms with Gasteiger partial charge in [-0.15, -0.1) is 0 Å². The zero-order valence-electron chi connectivity index (χ0n) is 20.2. The quantitative estimate of drug-likeness (QED) is 0.299. The Hall–Kier alpha value is -1.11. The van der Waals surface area contributed by atoms with Crippen LogP contribution in [0, 0.1) is 11.3 Å². The van der Waals surface area contributed by atoms with E-state index in [4.69, 9.17) is 11.6 Å². The number of benzene rings is 1. The first-order valence-electron chi connectivity index (χ1n) is 12.0. The normalized spacial score (nSPS) is 27.8. The minimum absolute atomic E-state index is 0.0300. The summed E-state index contributed by atoms with van der Waals surface area (Å²) in [5, 5.41) is 1.54. The number of likely N-dealkylation sites (tertiary alicyclic amines) is 1. The Labute approximate surface area is 212 Å². The number of thioether (sulfide) groups is 1. The number of carbonyl (C=O) groups excluding carboxylic acids is 2. The van der Waals surface area contributed by atoms with Gasteiger partial charge in [-0.05, 0) is 66.5 Å². The second kappa shape index (κ2) is 12.0. The maximum atomic E-state index is 13.7. The second-order valence-corrected chi connectivity index (χ2v) is 13.0. The molecular formula is C26H37ClN2O2S2. The Morgan fingerprint density at radius 2 is 1.94 bits per heavy atom. The number of rotatable bonds is 9. The molecule has 4 atom stereocenters. The van der Waals surface area contributed by atoms with Crippen molar-refractivity contribution in [1.29, 1.82) is 0 Å². The summed E-state index contributed by atoms with van der Waals surface area (Å²) in [5.74, 6) is 1.54. The van der Waals surface area contributed by atoms with Crippen LogP contribution in [0.4, 0.5) is 0 Å². The number of halogens is 1. The van der Waals surface area contributed by atoms with E-state index in [0.717, 1.165) is 30.6 Å². The Balaban J connectivity index is 1.66. The lowest BCUT2D eigenvalue weighted by Crippen LogP contribution is -2.51. The zero-order chi connectivity index (χ0) is 24.0. The molecule has 7 heteroatoms. The lowest BCUT2D eigenvalue weighted by molar-refractivity contribution is -0.151. The molecule has 2 amide bonds. The van der Waals surface area contributed by atoms with Crippen molar-refractivity contribution >= 4 is 47.1 Å².